The Morgan fingerprint density at radius 2 is 1.87 bits per heavy atom. The topological polar surface area (TPSA) is 15.6 Å². The number of nitrogens with zero attached hydrogens (tertiary/aromatic N) is 2. The van der Waals surface area contributed by atoms with Gasteiger partial charge >= 0.3 is 0 Å². The molecule has 0 fully saturated rings. The fourth-order valence-electron chi connectivity index (χ4n) is 3.02. The van der Waals surface area contributed by atoms with Crippen LogP contribution in [0.3, 0.4) is 0 Å². The quantitative estimate of drug-likeness (QED) is 0.204. The first-order valence-electron chi connectivity index (χ1n) is 10.4. The van der Waals surface area contributed by atoms with E-state index in [2.05, 4.69) is 98.8 Å². The number of allylic oxidation sites excluding steroid dienone is 1. The van der Waals surface area contributed by atoms with E-state index >= 15 is 0 Å². The molecule has 0 radical (unpaired) electrons. The average molecular weight is 451 g/mol. The Bertz CT molecular complexity index is 1080. The minimum Gasteiger partial charge on any atom is -0.366 e. The third kappa shape index (κ3) is 7.41. The van der Waals surface area contributed by atoms with E-state index in [0.29, 0.717) is 0 Å². The molecular formula is C27H34N2S2. The first-order valence-corrected chi connectivity index (χ1v) is 12.5. The molecule has 0 saturated carbocycles. The molecule has 0 atom stereocenters. The lowest BCUT2D eigenvalue weighted by Crippen LogP contribution is -2.14. The Hall–Kier alpha value is -2.30. The highest BCUT2D eigenvalue weighted by molar-refractivity contribution is 8.07. The second-order valence-electron chi connectivity index (χ2n) is 7.82. The third-order valence-corrected chi connectivity index (χ3v) is 6.69. The van der Waals surface area contributed by atoms with Crippen molar-refractivity contribution < 1.29 is 0 Å². The smallest absolute Gasteiger partial charge is 0.0909 e. The Kier molecular flexibility index (Phi) is 9.60. The highest BCUT2D eigenvalue weighted by Crippen LogP contribution is 2.28. The SMILES string of the molecule is C=C(C)Cc1cc(C)c(N=CN(C)CC)cc1C.C=C(SC)c1ccc2sccc2c1. The van der Waals surface area contributed by atoms with Crippen LogP contribution in [0.4, 0.5) is 5.69 Å². The van der Waals surface area contributed by atoms with E-state index in [-0.39, 0.29) is 0 Å². The number of thiophene rings is 1. The maximum Gasteiger partial charge on any atom is 0.0909 e. The summed E-state index contributed by atoms with van der Waals surface area (Å²) >= 11 is 3.48. The van der Waals surface area contributed by atoms with Crippen molar-refractivity contribution in [1.82, 2.24) is 4.90 Å². The highest BCUT2D eigenvalue weighted by Gasteiger charge is 2.04. The first-order chi connectivity index (χ1) is 14.7. The summed E-state index contributed by atoms with van der Waals surface area (Å²) in [6.07, 6.45) is 4.89. The van der Waals surface area contributed by atoms with Gasteiger partial charge in [-0.2, -0.15) is 0 Å². The van der Waals surface area contributed by atoms with Gasteiger partial charge in [0.25, 0.3) is 0 Å². The second kappa shape index (κ2) is 11.9. The summed E-state index contributed by atoms with van der Waals surface area (Å²) in [6, 6.07) is 13.0. The van der Waals surface area contributed by atoms with Gasteiger partial charge in [-0.25, -0.2) is 4.99 Å². The van der Waals surface area contributed by atoms with Crippen molar-refractivity contribution in [3.05, 3.63) is 82.8 Å². The van der Waals surface area contributed by atoms with Crippen LogP contribution in [-0.2, 0) is 6.42 Å². The first kappa shape index (κ1) is 25.0. The predicted octanol–water partition coefficient (Wildman–Crippen LogP) is 8.27. The zero-order chi connectivity index (χ0) is 23.0. The van der Waals surface area contributed by atoms with E-state index in [1.807, 2.05) is 13.4 Å². The maximum atomic E-state index is 4.54. The molecule has 0 aliphatic rings. The summed E-state index contributed by atoms with van der Waals surface area (Å²) in [5, 5.41) is 3.44. The number of hydrogen-bond donors (Lipinski definition) is 0. The zero-order valence-corrected chi connectivity index (χ0v) is 21.3. The van der Waals surface area contributed by atoms with E-state index in [0.717, 1.165) is 23.6 Å². The van der Waals surface area contributed by atoms with Crippen molar-refractivity contribution in [2.45, 2.75) is 34.1 Å². The standard InChI is InChI=1S/C16H24N2.C11H10S2/c1-7-18(6)11-17-16-10-13(4)15(8-12(2)3)9-14(16)5;1-8(12-2)9-3-4-11-10(7-9)5-6-13-11/h9-11H,2,7-8H2,1,3-6H3;3-7H,1H2,2H3. The molecule has 3 rings (SSSR count). The van der Waals surface area contributed by atoms with Crippen LogP contribution in [0.2, 0.25) is 0 Å². The van der Waals surface area contributed by atoms with Crippen LogP contribution in [0.5, 0.6) is 0 Å². The van der Waals surface area contributed by atoms with Gasteiger partial charge in [-0.05, 0) is 97.7 Å². The Morgan fingerprint density at radius 3 is 2.52 bits per heavy atom. The molecule has 0 amide bonds. The molecule has 0 bridgehead atoms. The average Bonchev–Trinajstić information content (AvgIpc) is 3.22. The Balaban J connectivity index is 0.000000231. The van der Waals surface area contributed by atoms with Crippen LogP contribution >= 0.6 is 23.1 Å². The van der Waals surface area contributed by atoms with Crippen LogP contribution < -0.4 is 0 Å². The number of hydrogen-bond acceptors (Lipinski definition) is 3. The van der Waals surface area contributed by atoms with Gasteiger partial charge in [0.15, 0.2) is 0 Å². The minimum atomic E-state index is 0.950. The molecule has 2 aromatic carbocycles. The van der Waals surface area contributed by atoms with Crippen molar-refractivity contribution in [1.29, 1.82) is 0 Å². The monoisotopic (exact) mass is 450 g/mol. The number of aliphatic imine (C=N–C) groups is 1. The number of fused-ring (bicyclic) bond motifs is 1. The van der Waals surface area contributed by atoms with Gasteiger partial charge in [0.1, 0.15) is 0 Å². The zero-order valence-electron chi connectivity index (χ0n) is 19.7. The summed E-state index contributed by atoms with van der Waals surface area (Å²) in [4.78, 5) is 7.73. The molecule has 0 aliphatic carbocycles. The molecule has 164 valence electrons. The van der Waals surface area contributed by atoms with Crippen LogP contribution in [0.15, 0.2) is 65.5 Å². The van der Waals surface area contributed by atoms with Gasteiger partial charge < -0.3 is 4.90 Å². The van der Waals surface area contributed by atoms with Gasteiger partial charge in [0, 0.05) is 23.2 Å². The van der Waals surface area contributed by atoms with E-state index in [1.54, 1.807) is 23.1 Å². The molecular weight excluding hydrogens is 416 g/mol. The van der Waals surface area contributed by atoms with Gasteiger partial charge in [-0.15, -0.1) is 23.1 Å². The van der Waals surface area contributed by atoms with Crippen molar-refractivity contribution in [2.75, 3.05) is 19.8 Å². The van der Waals surface area contributed by atoms with Crippen LogP contribution in [0.1, 0.15) is 36.1 Å². The molecule has 2 nitrogen and oxygen atoms in total. The molecule has 0 spiro atoms. The fraction of sp³-hybridized carbons (Fsp3) is 0.296. The van der Waals surface area contributed by atoms with Crippen molar-refractivity contribution in [2.24, 2.45) is 4.99 Å². The van der Waals surface area contributed by atoms with Crippen molar-refractivity contribution in [3.63, 3.8) is 0 Å². The van der Waals surface area contributed by atoms with Gasteiger partial charge in [0.2, 0.25) is 0 Å². The molecule has 3 aromatic rings. The third-order valence-electron chi connectivity index (χ3n) is 5.06. The van der Waals surface area contributed by atoms with Crippen molar-refractivity contribution in [3.8, 4) is 0 Å². The maximum absolute atomic E-state index is 4.54. The van der Waals surface area contributed by atoms with Gasteiger partial charge in [0.05, 0.1) is 12.0 Å². The minimum absolute atomic E-state index is 0.950. The Labute approximate surface area is 196 Å². The largest absolute Gasteiger partial charge is 0.366 e. The van der Waals surface area contributed by atoms with Gasteiger partial charge in [-0.1, -0.05) is 30.9 Å². The van der Waals surface area contributed by atoms with Crippen LogP contribution in [0.25, 0.3) is 15.0 Å². The van der Waals surface area contributed by atoms with E-state index < -0.39 is 0 Å². The predicted molar refractivity (Wildman–Crippen MR) is 145 cm³/mol. The van der Waals surface area contributed by atoms with E-state index in [4.69, 9.17) is 0 Å². The van der Waals surface area contributed by atoms with E-state index in [1.165, 1.54) is 37.9 Å². The molecule has 0 aliphatic heterocycles. The number of benzene rings is 2. The number of aryl methyl sites for hydroxylation is 2. The summed E-state index contributed by atoms with van der Waals surface area (Å²) in [6.45, 7) is 17.4. The lowest BCUT2D eigenvalue weighted by Gasteiger charge is -2.11. The lowest BCUT2D eigenvalue weighted by molar-refractivity contribution is 0.552. The summed E-state index contributed by atoms with van der Waals surface area (Å²) < 4.78 is 1.35. The molecule has 0 unspecified atom stereocenters. The summed E-state index contributed by atoms with van der Waals surface area (Å²) in [5.74, 6) is 0. The molecule has 31 heavy (non-hydrogen) atoms. The fourth-order valence-corrected chi connectivity index (χ4v) is 4.15. The normalized spacial score (nSPS) is 10.8. The number of rotatable bonds is 7. The molecule has 1 heterocycles. The van der Waals surface area contributed by atoms with Gasteiger partial charge in [-0.3, -0.25) is 0 Å². The van der Waals surface area contributed by atoms with Crippen LogP contribution in [0, 0.1) is 13.8 Å². The molecule has 1 aromatic heterocycles. The second-order valence-corrected chi connectivity index (χ2v) is 9.67. The highest BCUT2D eigenvalue weighted by atomic mass is 32.2. The summed E-state index contributed by atoms with van der Waals surface area (Å²) in [7, 11) is 2.03. The van der Waals surface area contributed by atoms with Crippen LogP contribution in [-0.4, -0.2) is 31.1 Å². The lowest BCUT2D eigenvalue weighted by atomic mass is 9.99. The summed E-state index contributed by atoms with van der Waals surface area (Å²) in [5.41, 5.74) is 7.34. The van der Waals surface area contributed by atoms with Crippen molar-refractivity contribution >= 4 is 50.1 Å². The number of thioether (sulfide) groups is 1. The Morgan fingerprint density at radius 1 is 1.13 bits per heavy atom. The molecule has 0 saturated heterocycles. The molecule has 0 N–H and O–H groups in total. The van der Waals surface area contributed by atoms with E-state index in [9.17, 15) is 0 Å². The molecule has 4 heteroatoms.